The summed E-state index contributed by atoms with van der Waals surface area (Å²) < 4.78 is 40.5. The first-order valence-corrected chi connectivity index (χ1v) is 8.64. The lowest BCUT2D eigenvalue weighted by atomic mass is 10.0. The maximum atomic E-state index is 14.2. The molecule has 4 aromatic rings. The first-order valence-electron chi connectivity index (χ1n) is 8.64. The zero-order chi connectivity index (χ0) is 19.5. The Morgan fingerprint density at radius 1 is 0.929 bits per heavy atom. The van der Waals surface area contributed by atoms with Gasteiger partial charge in [0.15, 0.2) is 17.5 Å². The molecule has 2 aromatic carbocycles. The van der Waals surface area contributed by atoms with Crippen molar-refractivity contribution in [1.82, 2.24) is 15.0 Å². The molecule has 140 valence electrons. The van der Waals surface area contributed by atoms with E-state index in [1.165, 1.54) is 12.1 Å². The number of alkyl halides is 1. The minimum Gasteiger partial charge on any atom is -0.367 e. The summed E-state index contributed by atoms with van der Waals surface area (Å²) in [5.41, 5.74) is 1.92. The highest BCUT2D eigenvalue weighted by Gasteiger charge is 2.14. The highest BCUT2D eigenvalue weighted by Crippen LogP contribution is 2.31. The second-order valence-electron chi connectivity index (χ2n) is 6.09. The average Bonchev–Trinajstić information content (AvgIpc) is 2.74. The Kier molecular flexibility index (Phi) is 4.89. The second-order valence-corrected chi connectivity index (χ2v) is 6.09. The van der Waals surface area contributed by atoms with Crippen LogP contribution in [0.2, 0.25) is 0 Å². The molecule has 0 unspecified atom stereocenters. The van der Waals surface area contributed by atoms with Gasteiger partial charge in [-0.15, -0.1) is 0 Å². The Morgan fingerprint density at radius 3 is 2.61 bits per heavy atom. The first kappa shape index (κ1) is 17.9. The third kappa shape index (κ3) is 3.38. The molecule has 0 spiro atoms. The number of fused-ring (bicyclic) bond motifs is 1. The van der Waals surface area contributed by atoms with Crippen LogP contribution in [-0.2, 0) is 0 Å². The van der Waals surface area contributed by atoms with Crippen LogP contribution in [0.15, 0.2) is 60.9 Å². The van der Waals surface area contributed by atoms with Crippen LogP contribution in [0.25, 0.3) is 33.4 Å². The zero-order valence-electron chi connectivity index (χ0n) is 14.7. The summed E-state index contributed by atoms with van der Waals surface area (Å²) in [7, 11) is 0. The number of pyridine rings is 1. The number of rotatable bonds is 5. The topological polar surface area (TPSA) is 50.7 Å². The van der Waals surface area contributed by atoms with E-state index in [1.807, 2.05) is 6.07 Å². The van der Waals surface area contributed by atoms with Crippen LogP contribution in [0.4, 0.5) is 19.0 Å². The van der Waals surface area contributed by atoms with E-state index in [1.54, 1.807) is 36.7 Å². The molecule has 1 N–H and O–H groups in total. The van der Waals surface area contributed by atoms with Gasteiger partial charge in [-0.25, -0.2) is 23.1 Å². The fourth-order valence-electron chi connectivity index (χ4n) is 2.95. The highest BCUT2D eigenvalue weighted by atomic mass is 19.2. The van der Waals surface area contributed by atoms with Crippen LogP contribution < -0.4 is 5.32 Å². The van der Waals surface area contributed by atoms with Gasteiger partial charge in [-0.1, -0.05) is 18.2 Å². The lowest BCUT2D eigenvalue weighted by Crippen LogP contribution is -2.07. The lowest BCUT2D eigenvalue weighted by Gasteiger charge is -2.12. The minimum absolute atomic E-state index is 0.0666. The summed E-state index contributed by atoms with van der Waals surface area (Å²) in [6, 6.07) is 12.6. The summed E-state index contributed by atoms with van der Waals surface area (Å²) in [5, 5.41) is 3.52. The molecule has 0 aliphatic rings. The van der Waals surface area contributed by atoms with E-state index >= 15 is 0 Å². The van der Waals surface area contributed by atoms with Crippen LogP contribution >= 0.6 is 0 Å². The van der Waals surface area contributed by atoms with Crippen LogP contribution in [0.3, 0.4) is 0 Å². The fraction of sp³-hybridized carbons (Fsp3) is 0.0952. The molecule has 0 amide bonds. The second kappa shape index (κ2) is 7.64. The monoisotopic (exact) mass is 380 g/mol. The molecule has 0 aliphatic carbocycles. The molecule has 0 saturated heterocycles. The molecule has 2 aromatic heterocycles. The van der Waals surface area contributed by atoms with Crippen LogP contribution in [0.1, 0.15) is 0 Å². The molecule has 2 heterocycles. The molecular weight excluding hydrogens is 365 g/mol. The van der Waals surface area contributed by atoms with Gasteiger partial charge in [-0.2, -0.15) is 0 Å². The third-order valence-corrected chi connectivity index (χ3v) is 4.27. The van der Waals surface area contributed by atoms with Gasteiger partial charge in [-0.05, 0) is 35.9 Å². The van der Waals surface area contributed by atoms with Crippen molar-refractivity contribution in [1.29, 1.82) is 0 Å². The quantitative estimate of drug-likeness (QED) is 0.528. The molecule has 7 heteroatoms. The maximum Gasteiger partial charge on any atom is 0.166 e. The summed E-state index contributed by atoms with van der Waals surface area (Å²) in [6.07, 6.45) is 3.28. The highest BCUT2D eigenvalue weighted by molar-refractivity contribution is 5.94. The van der Waals surface area contributed by atoms with Gasteiger partial charge in [0, 0.05) is 35.5 Å². The van der Waals surface area contributed by atoms with Crippen LogP contribution in [0.5, 0.6) is 0 Å². The van der Waals surface area contributed by atoms with Gasteiger partial charge in [0.2, 0.25) is 0 Å². The molecule has 0 bridgehead atoms. The Bertz CT molecular complexity index is 1130. The molecule has 0 atom stereocenters. The summed E-state index contributed by atoms with van der Waals surface area (Å²) in [6.45, 7) is -0.511. The molecule has 4 rings (SSSR count). The van der Waals surface area contributed by atoms with Crippen molar-refractivity contribution >= 4 is 16.7 Å². The van der Waals surface area contributed by atoms with Crippen molar-refractivity contribution in [2.75, 3.05) is 18.5 Å². The Balaban J connectivity index is 1.89. The number of benzene rings is 2. The van der Waals surface area contributed by atoms with E-state index in [4.69, 9.17) is 0 Å². The van der Waals surface area contributed by atoms with Gasteiger partial charge >= 0.3 is 0 Å². The number of nitrogens with one attached hydrogen (secondary N) is 1. The van der Waals surface area contributed by atoms with Gasteiger partial charge in [0.05, 0.1) is 5.52 Å². The third-order valence-electron chi connectivity index (χ3n) is 4.27. The van der Waals surface area contributed by atoms with Crippen LogP contribution in [-0.4, -0.2) is 28.2 Å². The Morgan fingerprint density at radius 2 is 1.82 bits per heavy atom. The van der Waals surface area contributed by atoms with Gasteiger partial charge in [-0.3, -0.25) is 4.98 Å². The normalized spacial score (nSPS) is 11.0. The minimum atomic E-state index is -0.923. The number of hydrogen-bond donors (Lipinski definition) is 1. The zero-order valence-corrected chi connectivity index (χ0v) is 14.7. The molecule has 0 saturated carbocycles. The van der Waals surface area contributed by atoms with Crippen molar-refractivity contribution < 1.29 is 13.2 Å². The lowest BCUT2D eigenvalue weighted by molar-refractivity contribution is 0.511. The molecule has 0 radical (unpaired) electrons. The van der Waals surface area contributed by atoms with E-state index in [9.17, 15) is 13.2 Å². The van der Waals surface area contributed by atoms with Crippen molar-refractivity contribution in [3.8, 4) is 22.5 Å². The maximum absolute atomic E-state index is 14.2. The van der Waals surface area contributed by atoms with Crippen LogP contribution in [0, 0.1) is 11.6 Å². The summed E-state index contributed by atoms with van der Waals surface area (Å²) in [5.74, 6) is -0.989. The summed E-state index contributed by atoms with van der Waals surface area (Å²) in [4.78, 5) is 13.1. The number of anilines is 1. The number of nitrogens with zero attached hydrogens (tertiary/aromatic N) is 3. The average molecular weight is 380 g/mol. The molecule has 0 fully saturated rings. The standard InChI is InChI=1S/C21H15F3N4/c22-8-10-26-21-16-11-13(15-4-1-5-17(23)19(15)24)6-7-18(16)27-20(28-21)14-3-2-9-25-12-14/h1-7,9,11-12H,8,10H2,(H,26,27,28). The number of halogens is 3. The van der Waals surface area contributed by atoms with Crippen molar-refractivity contribution in [3.63, 3.8) is 0 Å². The van der Waals surface area contributed by atoms with E-state index in [2.05, 4.69) is 20.3 Å². The van der Waals surface area contributed by atoms with Crippen molar-refractivity contribution in [2.24, 2.45) is 0 Å². The van der Waals surface area contributed by atoms with Gasteiger partial charge in [0.1, 0.15) is 12.5 Å². The summed E-state index contributed by atoms with van der Waals surface area (Å²) >= 11 is 0. The number of aromatic nitrogens is 3. The predicted octanol–water partition coefficient (Wildman–Crippen LogP) is 5.02. The SMILES string of the molecule is FCCNc1nc(-c2cccnc2)nc2ccc(-c3cccc(F)c3F)cc12. The fourth-order valence-corrected chi connectivity index (χ4v) is 2.95. The number of hydrogen-bond acceptors (Lipinski definition) is 4. The first-order chi connectivity index (χ1) is 13.7. The Hall–Kier alpha value is -3.48. The predicted molar refractivity (Wildman–Crippen MR) is 103 cm³/mol. The van der Waals surface area contributed by atoms with Gasteiger partial charge in [0.25, 0.3) is 0 Å². The van der Waals surface area contributed by atoms with E-state index in [0.29, 0.717) is 33.7 Å². The molecule has 0 aliphatic heterocycles. The van der Waals surface area contributed by atoms with Crippen molar-refractivity contribution in [3.05, 3.63) is 72.6 Å². The largest absolute Gasteiger partial charge is 0.367 e. The van der Waals surface area contributed by atoms with E-state index in [0.717, 1.165) is 6.07 Å². The molecule has 4 nitrogen and oxygen atoms in total. The molecular formula is C21H15F3N4. The molecule has 28 heavy (non-hydrogen) atoms. The van der Waals surface area contributed by atoms with Gasteiger partial charge < -0.3 is 5.32 Å². The van der Waals surface area contributed by atoms with E-state index in [-0.39, 0.29) is 12.1 Å². The van der Waals surface area contributed by atoms with Crippen molar-refractivity contribution in [2.45, 2.75) is 0 Å². The Labute approximate surface area is 159 Å². The van der Waals surface area contributed by atoms with E-state index < -0.39 is 18.3 Å². The smallest absolute Gasteiger partial charge is 0.166 e.